The predicted octanol–water partition coefficient (Wildman–Crippen LogP) is 4.41. The predicted molar refractivity (Wildman–Crippen MR) is 77.8 cm³/mol. The molecule has 0 unspecified atom stereocenters. The topological polar surface area (TPSA) is 59.4 Å². The summed E-state index contributed by atoms with van der Waals surface area (Å²) in [5, 5.41) is 9.16. The van der Waals surface area contributed by atoms with Gasteiger partial charge < -0.3 is 9.84 Å². The highest BCUT2D eigenvalue weighted by molar-refractivity contribution is 9.11. The Balaban J connectivity index is 2.40. The van der Waals surface area contributed by atoms with Crippen molar-refractivity contribution in [3.63, 3.8) is 0 Å². The van der Waals surface area contributed by atoms with Gasteiger partial charge in [-0.25, -0.2) is 9.78 Å². The molecule has 98 valence electrons. The minimum Gasteiger partial charge on any atom is -0.478 e. The van der Waals surface area contributed by atoms with E-state index in [1.165, 1.54) is 0 Å². The maximum absolute atomic E-state index is 11.2. The number of rotatable bonds is 3. The van der Waals surface area contributed by atoms with E-state index in [1.54, 1.807) is 30.5 Å². The van der Waals surface area contributed by atoms with Crippen LogP contribution in [0.25, 0.3) is 0 Å². The number of aromatic carboxylic acids is 1. The van der Waals surface area contributed by atoms with Gasteiger partial charge in [-0.15, -0.1) is 0 Å². The van der Waals surface area contributed by atoms with E-state index < -0.39 is 5.97 Å². The van der Waals surface area contributed by atoms with Crippen LogP contribution in [0, 0.1) is 6.92 Å². The first kappa shape index (κ1) is 14.0. The van der Waals surface area contributed by atoms with Gasteiger partial charge in [0.05, 0.1) is 4.47 Å². The molecule has 0 aliphatic carbocycles. The van der Waals surface area contributed by atoms with Gasteiger partial charge in [-0.2, -0.15) is 0 Å². The van der Waals surface area contributed by atoms with Crippen LogP contribution in [-0.4, -0.2) is 16.1 Å². The molecule has 0 fully saturated rings. The van der Waals surface area contributed by atoms with E-state index in [0.717, 1.165) is 10.0 Å². The quantitative estimate of drug-likeness (QED) is 0.848. The van der Waals surface area contributed by atoms with Crippen molar-refractivity contribution in [2.24, 2.45) is 0 Å². The summed E-state index contributed by atoms with van der Waals surface area (Å²) < 4.78 is 6.99. The van der Waals surface area contributed by atoms with E-state index in [0.29, 0.717) is 10.4 Å². The summed E-state index contributed by atoms with van der Waals surface area (Å²) in [5.74, 6) is -0.463. The van der Waals surface area contributed by atoms with E-state index in [2.05, 4.69) is 36.8 Å². The summed E-state index contributed by atoms with van der Waals surface area (Å²) in [5.41, 5.74) is 0.962. The van der Waals surface area contributed by atoms with Gasteiger partial charge in [-0.05, 0) is 57.0 Å². The fourth-order valence-corrected chi connectivity index (χ4v) is 2.55. The fourth-order valence-electron chi connectivity index (χ4n) is 1.48. The Hall–Kier alpha value is -1.40. The third-order valence-electron chi connectivity index (χ3n) is 2.35. The maximum atomic E-state index is 11.2. The van der Waals surface area contributed by atoms with Crippen molar-refractivity contribution in [1.29, 1.82) is 0 Å². The lowest BCUT2D eigenvalue weighted by Crippen LogP contribution is -2.01. The highest BCUT2D eigenvalue weighted by Crippen LogP contribution is 2.31. The van der Waals surface area contributed by atoms with Crippen LogP contribution in [-0.2, 0) is 0 Å². The van der Waals surface area contributed by atoms with Gasteiger partial charge in [0.25, 0.3) is 0 Å². The molecular formula is C13H9Br2NO3. The van der Waals surface area contributed by atoms with Crippen LogP contribution in [0.3, 0.4) is 0 Å². The third kappa shape index (κ3) is 3.33. The summed E-state index contributed by atoms with van der Waals surface area (Å²) in [7, 11) is 0. The van der Waals surface area contributed by atoms with Crippen LogP contribution in [0.15, 0.2) is 39.4 Å². The van der Waals surface area contributed by atoms with Gasteiger partial charge in [0.1, 0.15) is 11.3 Å². The molecule has 6 heteroatoms. The van der Waals surface area contributed by atoms with Crippen LogP contribution in [0.5, 0.6) is 11.6 Å². The molecule has 0 saturated carbocycles. The van der Waals surface area contributed by atoms with Crippen LogP contribution in [0.1, 0.15) is 15.9 Å². The van der Waals surface area contributed by atoms with E-state index in [9.17, 15) is 4.79 Å². The number of hydrogen-bond acceptors (Lipinski definition) is 3. The molecular weight excluding hydrogens is 378 g/mol. The Morgan fingerprint density at radius 3 is 2.68 bits per heavy atom. The number of benzene rings is 1. The second-order valence-electron chi connectivity index (χ2n) is 3.85. The van der Waals surface area contributed by atoms with Crippen LogP contribution in [0.2, 0.25) is 0 Å². The van der Waals surface area contributed by atoms with E-state index >= 15 is 0 Å². The standard InChI is InChI=1S/C13H9Br2NO3/c1-7-2-3-11(9(4-7)13(17)18)19-12-10(15)5-8(14)6-16-12/h2-6H,1H3,(H,17,18). The zero-order valence-corrected chi connectivity index (χ0v) is 13.0. The molecule has 0 spiro atoms. The summed E-state index contributed by atoms with van der Waals surface area (Å²) >= 11 is 6.60. The fraction of sp³-hybridized carbons (Fsp3) is 0.0769. The lowest BCUT2D eigenvalue weighted by Gasteiger charge is -2.10. The van der Waals surface area contributed by atoms with Crippen molar-refractivity contribution in [3.05, 3.63) is 50.5 Å². The Morgan fingerprint density at radius 1 is 1.32 bits per heavy atom. The van der Waals surface area contributed by atoms with E-state index in [4.69, 9.17) is 9.84 Å². The number of halogens is 2. The number of aryl methyl sites for hydroxylation is 1. The zero-order valence-electron chi connectivity index (χ0n) is 9.85. The molecule has 0 radical (unpaired) electrons. The SMILES string of the molecule is Cc1ccc(Oc2ncc(Br)cc2Br)c(C(=O)O)c1. The molecule has 0 aliphatic rings. The molecule has 4 nitrogen and oxygen atoms in total. The smallest absolute Gasteiger partial charge is 0.339 e. The van der Waals surface area contributed by atoms with Gasteiger partial charge in [0, 0.05) is 10.7 Å². The molecule has 1 N–H and O–H groups in total. The van der Waals surface area contributed by atoms with Crippen LogP contribution in [0.4, 0.5) is 0 Å². The Morgan fingerprint density at radius 2 is 2.05 bits per heavy atom. The second kappa shape index (κ2) is 5.71. The largest absolute Gasteiger partial charge is 0.478 e. The molecule has 0 atom stereocenters. The van der Waals surface area contributed by atoms with Crippen molar-refractivity contribution >= 4 is 37.8 Å². The Bertz CT molecular complexity index is 644. The molecule has 0 aliphatic heterocycles. The number of ether oxygens (including phenoxy) is 1. The third-order valence-corrected chi connectivity index (χ3v) is 3.35. The van der Waals surface area contributed by atoms with E-state index in [1.807, 2.05) is 6.92 Å². The number of carbonyl (C=O) groups is 1. The zero-order chi connectivity index (χ0) is 14.0. The number of hydrogen-bond donors (Lipinski definition) is 1. The van der Waals surface area contributed by atoms with Crippen molar-refractivity contribution in [2.45, 2.75) is 6.92 Å². The lowest BCUT2D eigenvalue weighted by atomic mass is 10.1. The minimum absolute atomic E-state index is 0.108. The average Bonchev–Trinajstić information content (AvgIpc) is 2.34. The molecule has 19 heavy (non-hydrogen) atoms. The first-order chi connectivity index (χ1) is 8.97. The first-order valence-corrected chi connectivity index (χ1v) is 6.89. The van der Waals surface area contributed by atoms with Gasteiger partial charge in [-0.1, -0.05) is 11.6 Å². The van der Waals surface area contributed by atoms with Crippen molar-refractivity contribution in [1.82, 2.24) is 4.98 Å². The molecule has 1 aromatic carbocycles. The number of pyridine rings is 1. The van der Waals surface area contributed by atoms with Crippen LogP contribution >= 0.6 is 31.9 Å². The van der Waals surface area contributed by atoms with Gasteiger partial charge in [-0.3, -0.25) is 0 Å². The monoisotopic (exact) mass is 385 g/mol. The molecule has 2 aromatic rings. The molecule has 0 bridgehead atoms. The van der Waals surface area contributed by atoms with Gasteiger partial charge in [0.15, 0.2) is 0 Å². The van der Waals surface area contributed by atoms with Gasteiger partial charge >= 0.3 is 5.97 Å². The Labute approximate surface area is 126 Å². The summed E-state index contributed by atoms with van der Waals surface area (Å²) in [4.78, 5) is 15.3. The average molecular weight is 387 g/mol. The Kier molecular flexibility index (Phi) is 4.21. The van der Waals surface area contributed by atoms with Crippen LogP contribution < -0.4 is 4.74 Å². The highest BCUT2D eigenvalue weighted by Gasteiger charge is 2.14. The number of carboxylic acids is 1. The summed E-state index contributed by atoms with van der Waals surface area (Å²) in [6.07, 6.45) is 1.58. The molecule has 1 heterocycles. The van der Waals surface area contributed by atoms with Crippen molar-refractivity contribution in [3.8, 4) is 11.6 Å². The molecule has 0 amide bonds. The van der Waals surface area contributed by atoms with Crippen molar-refractivity contribution in [2.75, 3.05) is 0 Å². The highest BCUT2D eigenvalue weighted by atomic mass is 79.9. The summed E-state index contributed by atoms with van der Waals surface area (Å²) in [6.45, 7) is 1.82. The van der Waals surface area contributed by atoms with Gasteiger partial charge in [0.2, 0.25) is 5.88 Å². The van der Waals surface area contributed by atoms with E-state index in [-0.39, 0.29) is 11.3 Å². The minimum atomic E-state index is -1.04. The molecule has 1 aromatic heterocycles. The first-order valence-electron chi connectivity index (χ1n) is 5.30. The number of nitrogens with zero attached hydrogens (tertiary/aromatic N) is 1. The molecule has 0 saturated heterocycles. The summed E-state index contributed by atoms with van der Waals surface area (Å²) in [6, 6.07) is 6.74. The number of carboxylic acid groups (broad SMARTS) is 1. The van der Waals surface area contributed by atoms with Crippen molar-refractivity contribution < 1.29 is 14.6 Å². The molecule has 2 rings (SSSR count). The second-order valence-corrected chi connectivity index (χ2v) is 5.62. The maximum Gasteiger partial charge on any atom is 0.339 e. The number of aromatic nitrogens is 1. The lowest BCUT2D eigenvalue weighted by molar-refractivity contribution is 0.0694. The normalized spacial score (nSPS) is 10.3.